The Hall–Kier alpha value is -1.11. The van der Waals surface area contributed by atoms with E-state index in [1.807, 2.05) is 40.4 Å². The lowest BCUT2D eigenvalue weighted by atomic mass is 10.0. The van der Waals surface area contributed by atoms with E-state index in [0.29, 0.717) is 22.9 Å². The number of halogens is 2. The van der Waals surface area contributed by atoms with E-state index in [1.165, 1.54) is 0 Å². The molecule has 0 fully saturated rings. The highest BCUT2D eigenvalue weighted by atomic mass is 35.5. The largest absolute Gasteiger partial charge is 0.297 e. The van der Waals surface area contributed by atoms with Crippen LogP contribution < -0.4 is 11.3 Å². The molecule has 21 heavy (non-hydrogen) atoms. The maximum Gasteiger partial charge on any atom is 0.193 e. The summed E-state index contributed by atoms with van der Waals surface area (Å²) >= 11 is 14.0. The number of hydrogen-bond donors (Lipinski definition) is 2. The number of fused-ring (bicyclic) bond motifs is 1. The summed E-state index contributed by atoms with van der Waals surface area (Å²) in [5.74, 6) is 5.67. The standard InChI is InChI=1S/C14H14Cl2N4S/c15-12-2-1-3-13(16)11(12)7-9(19-17)6-10-8-20-4-5-21-14(20)18-10/h1-5,8-9,19H,6-7,17H2. The van der Waals surface area contributed by atoms with Crippen molar-refractivity contribution in [3.8, 4) is 0 Å². The van der Waals surface area contributed by atoms with Gasteiger partial charge in [0.1, 0.15) is 0 Å². The molecule has 3 N–H and O–H groups in total. The van der Waals surface area contributed by atoms with Gasteiger partial charge >= 0.3 is 0 Å². The topological polar surface area (TPSA) is 55.3 Å². The van der Waals surface area contributed by atoms with Crippen LogP contribution in [0.1, 0.15) is 11.3 Å². The zero-order valence-electron chi connectivity index (χ0n) is 11.1. The molecule has 2 aromatic heterocycles. The molecule has 0 bridgehead atoms. The van der Waals surface area contributed by atoms with E-state index in [1.54, 1.807) is 11.3 Å². The fourth-order valence-electron chi connectivity index (χ4n) is 2.29. The number of aromatic nitrogens is 2. The first-order chi connectivity index (χ1) is 10.2. The third-order valence-electron chi connectivity index (χ3n) is 3.35. The van der Waals surface area contributed by atoms with Crippen molar-refractivity contribution in [2.24, 2.45) is 5.84 Å². The van der Waals surface area contributed by atoms with E-state index in [-0.39, 0.29) is 6.04 Å². The second-order valence-electron chi connectivity index (χ2n) is 4.80. The summed E-state index contributed by atoms with van der Waals surface area (Å²) in [4.78, 5) is 5.55. The molecule has 0 saturated carbocycles. The Labute approximate surface area is 136 Å². The number of thiazole rings is 1. The van der Waals surface area contributed by atoms with E-state index in [4.69, 9.17) is 29.0 Å². The van der Waals surface area contributed by atoms with Crippen LogP contribution in [0.15, 0.2) is 36.0 Å². The molecule has 1 unspecified atom stereocenters. The lowest BCUT2D eigenvalue weighted by Crippen LogP contribution is -2.38. The SMILES string of the molecule is NNC(Cc1cn2ccsc2n1)Cc1c(Cl)cccc1Cl. The highest BCUT2D eigenvalue weighted by molar-refractivity contribution is 7.15. The minimum atomic E-state index is 0.0204. The summed E-state index contributed by atoms with van der Waals surface area (Å²) in [5.41, 5.74) is 4.73. The average Bonchev–Trinajstić information content (AvgIpc) is 3.02. The summed E-state index contributed by atoms with van der Waals surface area (Å²) in [6.45, 7) is 0. The first-order valence-corrected chi connectivity index (χ1v) is 8.11. The Morgan fingerprint density at radius 3 is 2.71 bits per heavy atom. The van der Waals surface area contributed by atoms with E-state index in [0.717, 1.165) is 16.2 Å². The zero-order chi connectivity index (χ0) is 14.8. The lowest BCUT2D eigenvalue weighted by Gasteiger charge is -2.16. The van der Waals surface area contributed by atoms with Gasteiger partial charge in [0.05, 0.1) is 5.69 Å². The fraction of sp³-hybridized carbons (Fsp3) is 0.214. The Kier molecular flexibility index (Phi) is 4.47. The molecule has 1 aromatic carbocycles. The quantitative estimate of drug-likeness (QED) is 0.553. The van der Waals surface area contributed by atoms with Crippen LogP contribution >= 0.6 is 34.5 Å². The average molecular weight is 341 g/mol. The van der Waals surface area contributed by atoms with Gasteiger partial charge in [-0.1, -0.05) is 29.3 Å². The Morgan fingerprint density at radius 2 is 2.05 bits per heavy atom. The third-order valence-corrected chi connectivity index (χ3v) is 4.83. The van der Waals surface area contributed by atoms with Gasteiger partial charge in [0.25, 0.3) is 0 Å². The molecule has 0 saturated heterocycles. The number of imidazole rings is 1. The summed E-state index contributed by atoms with van der Waals surface area (Å²) < 4.78 is 2.01. The van der Waals surface area contributed by atoms with E-state index in [2.05, 4.69) is 10.4 Å². The first-order valence-electron chi connectivity index (χ1n) is 6.47. The number of rotatable bonds is 5. The molecule has 4 nitrogen and oxygen atoms in total. The second kappa shape index (κ2) is 6.34. The number of nitrogens with two attached hydrogens (primary N) is 1. The van der Waals surface area contributed by atoms with Gasteiger partial charge in [-0.15, -0.1) is 11.3 Å². The van der Waals surface area contributed by atoms with Crippen LogP contribution in [0.3, 0.4) is 0 Å². The Bertz CT molecular complexity index is 704. The van der Waals surface area contributed by atoms with Gasteiger partial charge in [0.15, 0.2) is 4.96 Å². The summed E-state index contributed by atoms with van der Waals surface area (Å²) in [6.07, 6.45) is 5.38. The van der Waals surface area contributed by atoms with Crippen molar-refractivity contribution in [2.45, 2.75) is 18.9 Å². The Morgan fingerprint density at radius 1 is 1.29 bits per heavy atom. The molecule has 1 atom stereocenters. The number of nitrogens with zero attached hydrogens (tertiary/aromatic N) is 2. The van der Waals surface area contributed by atoms with Gasteiger partial charge in [-0.25, -0.2) is 4.98 Å². The maximum atomic E-state index is 6.21. The molecule has 7 heteroatoms. The van der Waals surface area contributed by atoms with Crippen LogP contribution in [0.25, 0.3) is 4.96 Å². The van der Waals surface area contributed by atoms with Crippen molar-refractivity contribution in [3.63, 3.8) is 0 Å². The number of hydrazine groups is 1. The van der Waals surface area contributed by atoms with Crippen molar-refractivity contribution < 1.29 is 0 Å². The smallest absolute Gasteiger partial charge is 0.193 e. The van der Waals surface area contributed by atoms with E-state index < -0.39 is 0 Å². The van der Waals surface area contributed by atoms with Crippen molar-refractivity contribution in [3.05, 3.63) is 57.3 Å². The molecule has 0 radical (unpaired) electrons. The predicted molar refractivity (Wildman–Crippen MR) is 88.1 cm³/mol. The van der Waals surface area contributed by atoms with E-state index >= 15 is 0 Å². The molecule has 110 valence electrons. The highest BCUT2D eigenvalue weighted by Crippen LogP contribution is 2.26. The summed E-state index contributed by atoms with van der Waals surface area (Å²) in [5, 5.41) is 3.33. The van der Waals surface area contributed by atoms with Crippen LogP contribution in [0.2, 0.25) is 10.0 Å². The van der Waals surface area contributed by atoms with Gasteiger partial charge in [-0.05, 0) is 24.1 Å². The second-order valence-corrected chi connectivity index (χ2v) is 6.48. The number of hydrogen-bond acceptors (Lipinski definition) is 4. The van der Waals surface area contributed by atoms with Crippen LogP contribution in [-0.2, 0) is 12.8 Å². The monoisotopic (exact) mass is 340 g/mol. The molecule has 0 aliphatic heterocycles. The van der Waals surface area contributed by atoms with Crippen LogP contribution in [-0.4, -0.2) is 15.4 Å². The van der Waals surface area contributed by atoms with Gasteiger partial charge in [0, 0.05) is 40.3 Å². The van der Waals surface area contributed by atoms with Crippen LogP contribution in [0.5, 0.6) is 0 Å². The third kappa shape index (κ3) is 3.22. The fourth-order valence-corrected chi connectivity index (χ4v) is 3.56. The number of nitrogens with one attached hydrogen (secondary N) is 1. The minimum Gasteiger partial charge on any atom is -0.297 e. The molecule has 0 amide bonds. The van der Waals surface area contributed by atoms with Gasteiger partial charge < -0.3 is 0 Å². The van der Waals surface area contributed by atoms with Crippen molar-refractivity contribution in [2.75, 3.05) is 0 Å². The van der Waals surface area contributed by atoms with Gasteiger partial charge in [0.2, 0.25) is 0 Å². The molecule has 3 rings (SSSR count). The maximum absolute atomic E-state index is 6.21. The molecule has 0 aliphatic carbocycles. The predicted octanol–water partition coefficient (Wildman–Crippen LogP) is 3.32. The Balaban J connectivity index is 1.77. The lowest BCUT2D eigenvalue weighted by molar-refractivity contribution is 0.518. The van der Waals surface area contributed by atoms with Crippen molar-refractivity contribution >= 4 is 39.5 Å². The normalized spacial score (nSPS) is 12.9. The van der Waals surface area contributed by atoms with Crippen LogP contribution in [0.4, 0.5) is 0 Å². The first kappa shape index (κ1) is 14.8. The van der Waals surface area contributed by atoms with Gasteiger partial charge in [-0.2, -0.15) is 0 Å². The molecular weight excluding hydrogens is 327 g/mol. The van der Waals surface area contributed by atoms with Crippen molar-refractivity contribution in [1.29, 1.82) is 0 Å². The minimum absolute atomic E-state index is 0.0204. The van der Waals surface area contributed by atoms with Crippen molar-refractivity contribution in [1.82, 2.24) is 14.8 Å². The molecular formula is C14H14Cl2N4S. The summed E-state index contributed by atoms with van der Waals surface area (Å²) in [6, 6.07) is 5.53. The zero-order valence-corrected chi connectivity index (χ0v) is 13.4. The molecule has 0 aliphatic rings. The summed E-state index contributed by atoms with van der Waals surface area (Å²) in [7, 11) is 0. The van der Waals surface area contributed by atoms with Gasteiger partial charge in [-0.3, -0.25) is 15.7 Å². The molecule has 2 heterocycles. The number of benzene rings is 1. The highest BCUT2D eigenvalue weighted by Gasteiger charge is 2.15. The van der Waals surface area contributed by atoms with E-state index in [9.17, 15) is 0 Å². The molecule has 0 spiro atoms. The van der Waals surface area contributed by atoms with Crippen LogP contribution in [0, 0.1) is 0 Å². The molecule has 3 aromatic rings.